The maximum Gasteiger partial charge on any atom is 0.261 e. The molecule has 3 rings (SSSR count). The average molecular weight is 337 g/mol. The van der Waals surface area contributed by atoms with Crippen molar-refractivity contribution in [1.29, 1.82) is 0 Å². The highest BCUT2D eigenvalue weighted by Gasteiger charge is 2.41. The lowest BCUT2D eigenvalue weighted by Crippen LogP contribution is -2.59. The summed E-state index contributed by atoms with van der Waals surface area (Å²) < 4.78 is 6.48. The molecule has 5 atom stereocenters. The zero-order chi connectivity index (χ0) is 16.6. The van der Waals surface area contributed by atoms with Gasteiger partial charge < -0.3 is 25.4 Å². The van der Waals surface area contributed by atoms with Crippen LogP contribution in [0.1, 0.15) is 16.6 Å². The number of carbonyl (C=O) groups excluding carboxylic acids is 1. The van der Waals surface area contributed by atoms with E-state index < -0.39 is 30.5 Å². The maximum atomic E-state index is 12.2. The number of nitrogens with one attached hydrogen (secondary N) is 1. The molecule has 1 amide bonds. The van der Waals surface area contributed by atoms with Gasteiger partial charge in [-0.15, -0.1) is 11.3 Å². The van der Waals surface area contributed by atoms with Crippen molar-refractivity contribution in [1.82, 2.24) is 5.32 Å². The van der Waals surface area contributed by atoms with Crippen LogP contribution in [0.4, 0.5) is 0 Å². The molecule has 1 saturated heterocycles. The van der Waals surface area contributed by atoms with Gasteiger partial charge in [-0.2, -0.15) is 0 Å². The summed E-state index contributed by atoms with van der Waals surface area (Å²) in [6.07, 6.45) is -5.05. The van der Waals surface area contributed by atoms with E-state index in [2.05, 4.69) is 5.32 Å². The second-order valence-electron chi connectivity index (χ2n) is 5.71. The van der Waals surface area contributed by atoms with E-state index in [1.54, 1.807) is 6.92 Å². The Morgan fingerprint density at radius 3 is 2.70 bits per heavy atom. The summed E-state index contributed by atoms with van der Waals surface area (Å²) in [5, 5.41) is 33.1. The largest absolute Gasteiger partial charge is 0.388 e. The van der Waals surface area contributed by atoms with Gasteiger partial charge >= 0.3 is 0 Å². The Morgan fingerprint density at radius 2 is 1.96 bits per heavy atom. The van der Waals surface area contributed by atoms with Crippen molar-refractivity contribution in [3.63, 3.8) is 0 Å². The molecule has 1 aliphatic rings. The van der Waals surface area contributed by atoms with Crippen LogP contribution in [0.25, 0.3) is 10.1 Å². The lowest BCUT2D eigenvalue weighted by Gasteiger charge is -2.39. The molecule has 0 saturated carbocycles. The maximum absolute atomic E-state index is 12.2. The standard InChI is InChI=1S/C16H19NO5S/c1-8-13(18)15(20)14(19)10(22-8)7-17-16(21)12-6-9-4-2-3-5-11(9)23-12/h2-6,8,10,13-15,18-20H,7H2,1H3,(H,17,21)/t8?,10-,13-,14?,15?/m1/s1. The highest BCUT2D eigenvalue weighted by atomic mass is 32.1. The van der Waals surface area contributed by atoms with Crippen molar-refractivity contribution in [2.24, 2.45) is 0 Å². The summed E-state index contributed by atoms with van der Waals surface area (Å²) in [5.74, 6) is -0.254. The zero-order valence-corrected chi connectivity index (χ0v) is 13.4. The number of thiophene rings is 1. The van der Waals surface area contributed by atoms with Crippen molar-refractivity contribution in [2.75, 3.05) is 6.54 Å². The first-order valence-electron chi connectivity index (χ1n) is 7.44. The molecule has 7 heteroatoms. The molecule has 0 bridgehead atoms. The third-order valence-corrected chi connectivity index (χ3v) is 5.18. The molecular formula is C16H19NO5S. The van der Waals surface area contributed by atoms with Crippen LogP contribution in [0.3, 0.4) is 0 Å². The molecule has 1 aliphatic heterocycles. The number of benzene rings is 1. The van der Waals surface area contributed by atoms with Crippen LogP contribution in [0, 0.1) is 0 Å². The van der Waals surface area contributed by atoms with E-state index in [-0.39, 0.29) is 12.5 Å². The van der Waals surface area contributed by atoms with E-state index in [1.165, 1.54) is 11.3 Å². The Bertz CT molecular complexity index is 670. The summed E-state index contributed by atoms with van der Waals surface area (Å²) in [6.45, 7) is 1.67. The van der Waals surface area contributed by atoms with Gasteiger partial charge in [-0.3, -0.25) is 4.79 Å². The van der Waals surface area contributed by atoms with Crippen LogP contribution in [0.15, 0.2) is 30.3 Å². The summed E-state index contributed by atoms with van der Waals surface area (Å²) in [6, 6.07) is 9.53. The topological polar surface area (TPSA) is 99.0 Å². The number of hydrogen-bond donors (Lipinski definition) is 4. The summed E-state index contributed by atoms with van der Waals surface area (Å²) >= 11 is 1.39. The molecule has 23 heavy (non-hydrogen) atoms. The van der Waals surface area contributed by atoms with Gasteiger partial charge in [0.25, 0.3) is 5.91 Å². The molecule has 0 aliphatic carbocycles. The van der Waals surface area contributed by atoms with E-state index >= 15 is 0 Å². The SMILES string of the molecule is CC1O[C@H](CNC(=O)c2cc3ccccc3s2)C(O)C(O)[C@@H]1O. The van der Waals surface area contributed by atoms with Gasteiger partial charge in [-0.05, 0) is 24.4 Å². The molecule has 1 fully saturated rings. The Hall–Kier alpha value is -1.51. The predicted molar refractivity (Wildman–Crippen MR) is 86.5 cm³/mol. The highest BCUT2D eigenvalue weighted by Crippen LogP contribution is 2.25. The van der Waals surface area contributed by atoms with Crippen molar-refractivity contribution in [3.05, 3.63) is 35.2 Å². The van der Waals surface area contributed by atoms with Crippen molar-refractivity contribution in [2.45, 2.75) is 37.4 Å². The second kappa shape index (κ2) is 6.54. The fourth-order valence-corrected chi connectivity index (χ4v) is 3.66. The summed E-state index contributed by atoms with van der Waals surface area (Å²) in [5.41, 5.74) is 0. The second-order valence-corrected chi connectivity index (χ2v) is 6.79. The third kappa shape index (κ3) is 3.24. The first-order valence-corrected chi connectivity index (χ1v) is 8.25. The van der Waals surface area contributed by atoms with E-state index in [9.17, 15) is 20.1 Å². The minimum atomic E-state index is -1.29. The first-order chi connectivity index (χ1) is 11.0. The van der Waals surface area contributed by atoms with Crippen LogP contribution >= 0.6 is 11.3 Å². The summed E-state index contributed by atoms with van der Waals surface area (Å²) in [7, 11) is 0. The quantitative estimate of drug-likeness (QED) is 0.654. The van der Waals surface area contributed by atoms with Gasteiger partial charge in [-0.25, -0.2) is 0 Å². The fraction of sp³-hybridized carbons (Fsp3) is 0.438. The number of aliphatic hydroxyl groups excluding tert-OH is 3. The lowest BCUT2D eigenvalue weighted by atomic mass is 9.95. The van der Waals surface area contributed by atoms with Gasteiger partial charge in [0.1, 0.15) is 24.4 Å². The molecule has 0 spiro atoms. The Balaban J connectivity index is 1.64. The van der Waals surface area contributed by atoms with Crippen LogP contribution in [-0.2, 0) is 4.74 Å². The molecule has 2 aromatic rings. The molecule has 2 heterocycles. The van der Waals surface area contributed by atoms with E-state index in [1.807, 2.05) is 30.3 Å². The number of fused-ring (bicyclic) bond motifs is 1. The lowest BCUT2D eigenvalue weighted by molar-refractivity contribution is -0.214. The molecule has 0 radical (unpaired) electrons. The molecule has 124 valence electrons. The minimum absolute atomic E-state index is 0.0579. The number of carbonyl (C=O) groups is 1. The number of amides is 1. The molecule has 1 aromatic heterocycles. The molecule has 4 N–H and O–H groups in total. The van der Waals surface area contributed by atoms with E-state index in [0.29, 0.717) is 4.88 Å². The smallest absolute Gasteiger partial charge is 0.261 e. The van der Waals surface area contributed by atoms with Gasteiger partial charge in [0.2, 0.25) is 0 Å². The van der Waals surface area contributed by atoms with Gasteiger partial charge in [0, 0.05) is 11.2 Å². The normalized spacial score (nSPS) is 31.2. The average Bonchev–Trinajstić information content (AvgIpc) is 2.99. The Morgan fingerprint density at radius 1 is 1.22 bits per heavy atom. The molecule has 1 aromatic carbocycles. The van der Waals surface area contributed by atoms with Crippen LogP contribution in [-0.4, -0.2) is 58.3 Å². The fourth-order valence-electron chi connectivity index (χ4n) is 2.68. The minimum Gasteiger partial charge on any atom is -0.388 e. The molecular weight excluding hydrogens is 318 g/mol. The van der Waals surface area contributed by atoms with Gasteiger partial charge in [0.15, 0.2) is 0 Å². The van der Waals surface area contributed by atoms with Gasteiger partial charge in [-0.1, -0.05) is 18.2 Å². The van der Waals surface area contributed by atoms with E-state index in [0.717, 1.165) is 10.1 Å². The van der Waals surface area contributed by atoms with Crippen LogP contribution < -0.4 is 5.32 Å². The van der Waals surface area contributed by atoms with Crippen LogP contribution in [0.5, 0.6) is 0 Å². The number of ether oxygens (including phenoxy) is 1. The van der Waals surface area contributed by atoms with Crippen molar-refractivity contribution < 1.29 is 24.9 Å². The van der Waals surface area contributed by atoms with Crippen molar-refractivity contribution in [3.8, 4) is 0 Å². The van der Waals surface area contributed by atoms with Crippen LogP contribution in [0.2, 0.25) is 0 Å². The summed E-state index contributed by atoms with van der Waals surface area (Å²) in [4.78, 5) is 12.8. The number of aliphatic hydroxyl groups is 3. The van der Waals surface area contributed by atoms with E-state index in [4.69, 9.17) is 4.74 Å². The highest BCUT2D eigenvalue weighted by molar-refractivity contribution is 7.20. The molecule has 3 unspecified atom stereocenters. The zero-order valence-electron chi connectivity index (χ0n) is 12.5. The monoisotopic (exact) mass is 337 g/mol. The van der Waals surface area contributed by atoms with Crippen molar-refractivity contribution >= 4 is 27.3 Å². The number of rotatable bonds is 3. The first kappa shape index (κ1) is 16.4. The van der Waals surface area contributed by atoms with Gasteiger partial charge in [0.05, 0.1) is 11.0 Å². The Kier molecular flexibility index (Phi) is 4.65. The number of hydrogen-bond acceptors (Lipinski definition) is 6. The third-order valence-electron chi connectivity index (χ3n) is 4.06. The predicted octanol–water partition coefficient (Wildman–Crippen LogP) is 0.501. The Labute approximate surface area is 137 Å². The molecule has 6 nitrogen and oxygen atoms in total.